The van der Waals surface area contributed by atoms with Crippen LogP contribution in [-0.2, 0) is 4.74 Å². The quantitative estimate of drug-likeness (QED) is 0.898. The normalized spacial score (nSPS) is 24.2. The van der Waals surface area contributed by atoms with Crippen molar-refractivity contribution in [3.63, 3.8) is 0 Å². The number of nitrogens with zero attached hydrogens (tertiary/aromatic N) is 2. The van der Waals surface area contributed by atoms with E-state index < -0.39 is 6.10 Å². The van der Waals surface area contributed by atoms with Gasteiger partial charge in [-0.1, -0.05) is 30.3 Å². The van der Waals surface area contributed by atoms with E-state index in [2.05, 4.69) is 11.8 Å². The molecule has 1 aromatic heterocycles. The summed E-state index contributed by atoms with van der Waals surface area (Å²) in [6, 6.07) is 10.1. The summed E-state index contributed by atoms with van der Waals surface area (Å²) in [5, 5.41) is 12.5. The predicted octanol–water partition coefficient (Wildman–Crippen LogP) is 2.24. The van der Waals surface area contributed by atoms with Crippen molar-refractivity contribution in [3.05, 3.63) is 46.2 Å². The largest absolute Gasteiger partial charge is 0.390 e. The molecule has 5 nitrogen and oxygen atoms in total. The molecule has 2 atom stereocenters. The number of rotatable bonds is 3. The van der Waals surface area contributed by atoms with Crippen LogP contribution in [0, 0.1) is 6.92 Å². The number of hydrogen-bond acceptors (Lipinski definition) is 5. The second-order valence-corrected chi connectivity index (χ2v) is 8.02. The summed E-state index contributed by atoms with van der Waals surface area (Å²) in [7, 11) is 0. The number of likely N-dealkylation sites (tertiary alicyclic amines) is 1. The molecule has 138 valence electrons. The van der Waals surface area contributed by atoms with Gasteiger partial charge in [0.15, 0.2) is 0 Å². The molecule has 2 aliphatic heterocycles. The molecule has 1 N–H and O–H groups in total. The number of aryl methyl sites for hydroxylation is 1. The average molecular weight is 372 g/mol. The smallest absolute Gasteiger partial charge is 0.255 e. The Morgan fingerprint density at radius 2 is 1.92 bits per heavy atom. The molecule has 0 unspecified atom stereocenters. The Kier molecular flexibility index (Phi) is 5.09. The minimum Gasteiger partial charge on any atom is -0.390 e. The van der Waals surface area contributed by atoms with E-state index in [9.17, 15) is 9.90 Å². The second kappa shape index (κ2) is 7.48. The van der Waals surface area contributed by atoms with Gasteiger partial charge in [0.2, 0.25) is 0 Å². The highest BCUT2D eigenvalue weighted by molar-refractivity contribution is 7.10. The van der Waals surface area contributed by atoms with Gasteiger partial charge < -0.3 is 14.7 Å². The zero-order chi connectivity index (χ0) is 18.1. The number of carbonyl (C=O) groups excluding carboxylic acids is 1. The fraction of sp³-hybridized carbons (Fsp3) is 0.450. The Hall–Kier alpha value is -1.73. The van der Waals surface area contributed by atoms with Crippen LogP contribution in [0.4, 0.5) is 0 Å². The molecular weight excluding hydrogens is 348 g/mol. The molecule has 0 radical (unpaired) electrons. The van der Waals surface area contributed by atoms with Gasteiger partial charge in [-0.3, -0.25) is 9.69 Å². The number of carbonyl (C=O) groups is 1. The van der Waals surface area contributed by atoms with Crippen molar-refractivity contribution in [2.75, 3.05) is 39.4 Å². The highest BCUT2D eigenvalue weighted by atomic mass is 32.1. The van der Waals surface area contributed by atoms with Crippen LogP contribution < -0.4 is 0 Å². The lowest BCUT2D eigenvalue weighted by atomic mass is 10.0. The van der Waals surface area contributed by atoms with Crippen molar-refractivity contribution in [1.29, 1.82) is 0 Å². The van der Waals surface area contributed by atoms with Crippen LogP contribution in [0.5, 0.6) is 0 Å². The molecule has 2 saturated heterocycles. The lowest BCUT2D eigenvalue weighted by Gasteiger charge is -2.33. The molecular formula is C20H24N2O3S. The van der Waals surface area contributed by atoms with E-state index in [1.807, 2.05) is 35.7 Å². The third-order valence-corrected chi connectivity index (χ3v) is 6.24. The summed E-state index contributed by atoms with van der Waals surface area (Å²) < 4.78 is 5.40. The maximum absolute atomic E-state index is 13.2. The van der Waals surface area contributed by atoms with Gasteiger partial charge in [0, 0.05) is 42.0 Å². The number of β-amino-alcohol motifs (C(OH)–C–C–N with tert-alkyl or cyclic N) is 1. The molecule has 2 aromatic rings. The maximum Gasteiger partial charge on any atom is 0.255 e. The monoisotopic (exact) mass is 372 g/mol. The minimum absolute atomic E-state index is 0.00255. The van der Waals surface area contributed by atoms with E-state index in [4.69, 9.17) is 4.74 Å². The minimum atomic E-state index is -0.503. The van der Waals surface area contributed by atoms with E-state index in [0.717, 1.165) is 34.7 Å². The lowest BCUT2D eigenvalue weighted by molar-refractivity contribution is -0.00611. The number of hydrogen-bond donors (Lipinski definition) is 1. The number of aliphatic hydroxyl groups is 1. The molecule has 0 spiro atoms. The molecule has 0 saturated carbocycles. The van der Waals surface area contributed by atoms with Crippen molar-refractivity contribution >= 4 is 17.2 Å². The van der Waals surface area contributed by atoms with Gasteiger partial charge in [0.25, 0.3) is 5.91 Å². The van der Waals surface area contributed by atoms with Gasteiger partial charge in [0.1, 0.15) is 0 Å². The van der Waals surface area contributed by atoms with Gasteiger partial charge in [-0.2, -0.15) is 0 Å². The highest BCUT2D eigenvalue weighted by Crippen LogP contribution is 2.34. The van der Waals surface area contributed by atoms with E-state index in [1.54, 1.807) is 16.2 Å². The molecule has 4 rings (SSSR count). The van der Waals surface area contributed by atoms with Crippen LogP contribution in [0.2, 0.25) is 0 Å². The Bertz CT molecular complexity index is 771. The third kappa shape index (κ3) is 3.30. The van der Waals surface area contributed by atoms with Crippen molar-refractivity contribution in [2.45, 2.75) is 19.1 Å². The zero-order valence-electron chi connectivity index (χ0n) is 14.9. The number of thiophene rings is 1. The Balaban J connectivity index is 1.56. The van der Waals surface area contributed by atoms with Crippen molar-refractivity contribution < 1.29 is 14.6 Å². The van der Waals surface area contributed by atoms with E-state index in [-0.39, 0.29) is 11.9 Å². The van der Waals surface area contributed by atoms with Crippen LogP contribution in [0.25, 0.3) is 11.1 Å². The van der Waals surface area contributed by atoms with Crippen LogP contribution in [0.1, 0.15) is 15.2 Å². The first kappa shape index (κ1) is 17.7. The number of amides is 1. The number of ether oxygens (including phenoxy) is 1. The maximum atomic E-state index is 13.2. The Morgan fingerprint density at radius 1 is 1.19 bits per heavy atom. The summed E-state index contributed by atoms with van der Waals surface area (Å²) in [5.41, 5.74) is 2.83. The molecule has 1 amide bonds. The summed E-state index contributed by atoms with van der Waals surface area (Å²) >= 11 is 1.61. The first-order valence-electron chi connectivity index (χ1n) is 9.08. The van der Waals surface area contributed by atoms with Crippen molar-refractivity contribution in [1.82, 2.24) is 9.80 Å². The first-order chi connectivity index (χ1) is 12.6. The molecule has 0 aliphatic carbocycles. The topological polar surface area (TPSA) is 53.0 Å². The van der Waals surface area contributed by atoms with E-state index in [1.165, 1.54) is 0 Å². The number of morpholine rings is 1. The van der Waals surface area contributed by atoms with Crippen molar-refractivity contribution in [2.24, 2.45) is 0 Å². The van der Waals surface area contributed by atoms with E-state index >= 15 is 0 Å². The summed E-state index contributed by atoms with van der Waals surface area (Å²) in [6.07, 6.45) is -0.503. The van der Waals surface area contributed by atoms with Crippen LogP contribution in [0.15, 0.2) is 35.7 Å². The van der Waals surface area contributed by atoms with Crippen LogP contribution in [-0.4, -0.2) is 72.4 Å². The van der Waals surface area contributed by atoms with Gasteiger partial charge in [-0.05, 0) is 12.5 Å². The van der Waals surface area contributed by atoms with Gasteiger partial charge in [-0.15, -0.1) is 11.3 Å². The molecule has 26 heavy (non-hydrogen) atoms. The molecule has 0 bridgehead atoms. The highest BCUT2D eigenvalue weighted by Gasteiger charge is 2.39. The van der Waals surface area contributed by atoms with Crippen LogP contribution in [0.3, 0.4) is 0 Å². The summed E-state index contributed by atoms with van der Waals surface area (Å²) in [6.45, 7) is 6.04. The zero-order valence-corrected chi connectivity index (χ0v) is 15.7. The fourth-order valence-corrected chi connectivity index (χ4v) is 4.81. The Labute approximate surface area is 157 Å². The average Bonchev–Trinajstić information content (AvgIpc) is 3.25. The Morgan fingerprint density at radius 3 is 2.65 bits per heavy atom. The summed E-state index contributed by atoms with van der Waals surface area (Å²) in [5.74, 6) is 0.0167. The molecule has 2 aliphatic rings. The second-order valence-electron chi connectivity index (χ2n) is 6.94. The lowest BCUT2D eigenvalue weighted by Crippen LogP contribution is -2.49. The number of aliphatic hydroxyl groups excluding tert-OH is 1. The molecule has 2 fully saturated rings. The van der Waals surface area contributed by atoms with Gasteiger partial charge in [0.05, 0.1) is 30.9 Å². The van der Waals surface area contributed by atoms with Crippen LogP contribution >= 0.6 is 11.3 Å². The van der Waals surface area contributed by atoms with Crippen molar-refractivity contribution in [3.8, 4) is 11.1 Å². The molecule has 6 heteroatoms. The SMILES string of the molecule is Cc1scc(C(=O)N2C[C@H](O)[C@@H](N3CCOCC3)C2)c1-c1ccccc1. The molecule has 1 aromatic carbocycles. The first-order valence-corrected chi connectivity index (χ1v) is 9.96. The number of benzene rings is 1. The summed E-state index contributed by atoms with van der Waals surface area (Å²) in [4.78, 5) is 18.4. The molecule has 3 heterocycles. The predicted molar refractivity (Wildman–Crippen MR) is 103 cm³/mol. The fourth-order valence-electron chi connectivity index (χ4n) is 3.95. The standard InChI is InChI=1S/C20H24N2O3S/c1-14-19(15-5-3-2-4-6-15)16(13-26-14)20(24)22-11-17(18(23)12-22)21-7-9-25-10-8-21/h2-6,13,17-18,23H,7-12H2,1H3/t17-,18-/m0/s1. The van der Waals surface area contributed by atoms with Gasteiger partial charge >= 0.3 is 0 Å². The third-order valence-electron chi connectivity index (χ3n) is 5.33. The van der Waals surface area contributed by atoms with Gasteiger partial charge in [-0.25, -0.2) is 0 Å². The van der Waals surface area contributed by atoms with E-state index in [0.29, 0.717) is 26.3 Å².